The second kappa shape index (κ2) is 7.33. The Balaban J connectivity index is 2.43. The van der Waals surface area contributed by atoms with Crippen LogP contribution >= 0.6 is 0 Å². The van der Waals surface area contributed by atoms with E-state index in [1.807, 2.05) is 0 Å². The molecule has 0 bridgehead atoms. The second-order valence-electron chi connectivity index (χ2n) is 5.43. The summed E-state index contributed by atoms with van der Waals surface area (Å²) in [7, 11) is 0. The van der Waals surface area contributed by atoms with Crippen LogP contribution in [0.25, 0.3) is 0 Å². The Morgan fingerprint density at radius 3 is 2.42 bits per heavy atom. The summed E-state index contributed by atoms with van der Waals surface area (Å²) in [6.45, 7) is 3.46. The predicted octanol–water partition coefficient (Wildman–Crippen LogP) is 3.35. The van der Waals surface area contributed by atoms with Crippen molar-refractivity contribution in [1.29, 1.82) is 0 Å². The van der Waals surface area contributed by atoms with Crippen molar-refractivity contribution in [1.82, 2.24) is 4.90 Å². The Kier molecular flexibility index (Phi) is 5.43. The van der Waals surface area contributed by atoms with Gasteiger partial charge in [0.15, 0.2) is 0 Å². The summed E-state index contributed by atoms with van der Waals surface area (Å²) in [4.78, 5) is 24.3. The van der Waals surface area contributed by atoms with Gasteiger partial charge in [0.25, 0.3) is 0 Å². The number of amides is 1. The molecule has 1 amide bonds. The maximum absolute atomic E-state index is 14.1. The first-order valence-electron chi connectivity index (χ1n) is 7.32. The molecule has 1 aliphatic heterocycles. The van der Waals surface area contributed by atoms with Gasteiger partial charge < -0.3 is 10.0 Å². The van der Waals surface area contributed by atoms with E-state index in [4.69, 9.17) is 5.11 Å². The molecule has 1 aromatic carbocycles. The van der Waals surface area contributed by atoms with Crippen molar-refractivity contribution in [2.24, 2.45) is 0 Å². The first kappa shape index (κ1) is 17.8. The fourth-order valence-electron chi connectivity index (χ4n) is 2.96. The Labute approximate surface area is 136 Å². The molecule has 0 radical (unpaired) electrons. The molecule has 2 atom stereocenters. The smallest absolute Gasteiger partial charge is 0.328 e. The number of hydrogen-bond acceptors (Lipinski definition) is 2. The zero-order chi connectivity index (χ0) is 17.9. The summed E-state index contributed by atoms with van der Waals surface area (Å²) in [6.07, 6.45) is 4.07. The number of carboxylic acids is 1. The number of nitrogens with zero attached hydrogens (tertiary/aromatic N) is 1. The van der Waals surface area contributed by atoms with Crippen LogP contribution in [0.1, 0.15) is 30.9 Å². The molecular weight excluding hydrogens is 323 g/mol. The van der Waals surface area contributed by atoms with E-state index < -0.39 is 41.4 Å². The molecule has 1 aliphatic rings. The molecule has 0 unspecified atom stereocenters. The molecule has 24 heavy (non-hydrogen) atoms. The van der Waals surface area contributed by atoms with Crippen LogP contribution in [0.2, 0.25) is 0 Å². The Bertz CT molecular complexity index is 679. The number of aliphatic carboxylic acids is 1. The van der Waals surface area contributed by atoms with E-state index >= 15 is 0 Å². The highest BCUT2D eigenvalue weighted by Crippen LogP contribution is 2.39. The van der Waals surface area contributed by atoms with Crippen molar-refractivity contribution in [3.63, 3.8) is 0 Å². The minimum absolute atomic E-state index is 0.0572. The van der Waals surface area contributed by atoms with Gasteiger partial charge in [-0.15, -0.1) is 6.58 Å². The largest absolute Gasteiger partial charge is 0.478 e. The first-order chi connectivity index (χ1) is 11.3. The Hall–Kier alpha value is -2.57. The van der Waals surface area contributed by atoms with Crippen molar-refractivity contribution in [3.05, 3.63) is 60.0 Å². The SMILES string of the molecule is C=CCC(=O)N1[C@@H](/C=C/C(=O)O)CC[C@H]1c1c(F)cc(F)cc1F. The van der Waals surface area contributed by atoms with Crippen LogP contribution in [0, 0.1) is 17.5 Å². The number of rotatable bonds is 5. The molecule has 1 saturated heterocycles. The van der Waals surface area contributed by atoms with E-state index in [-0.39, 0.29) is 18.4 Å². The lowest BCUT2D eigenvalue weighted by Crippen LogP contribution is -2.36. The molecule has 128 valence electrons. The predicted molar refractivity (Wildman–Crippen MR) is 80.5 cm³/mol. The highest BCUT2D eigenvalue weighted by atomic mass is 19.1. The van der Waals surface area contributed by atoms with Crippen LogP contribution in [0.4, 0.5) is 13.2 Å². The molecule has 0 saturated carbocycles. The third-order valence-corrected chi connectivity index (χ3v) is 3.87. The van der Waals surface area contributed by atoms with Gasteiger partial charge in [0.05, 0.1) is 12.1 Å². The van der Waals surface area contributed by atoms with Crippen LogP contribution < -0.4 is 0 Å². The number of halogens is 3. The zero-order valence-electron chi connectivity index (χ0n) is 12.7. The van der Waals surface area contributed by atoms with Gasteiger partial charge in [-0.25, -0.2) is 18.0 Å². The summed E-state index contributed by atoms with van der Waals surface area (Å²) >= 11 is 0. The second-order valence-corrected chi connectivity index (χ2v) is 5.43. The minimum Gasteiger partial charge on any atom is -0.478 e. The summed E-state index contributed by atoms with van der Waals surface area (Å²) in [5, 5.41) is 8.74. The van der Waals surface area contributed by atoms with Crippen LogP contribution in [0.5, 0.6) is 0 Å². The van der Waals surface area contributed by atoms with Crippen LogP contribution in [0.3, 0.4) is 0 Å². The molecule has 1 heterocycles. The molecule has 7 heteroatoms. The summed E-state index contributed by atoms with van der Waals surface area (Å²) in [5.74, 6) is -4.81. The van der Waals surface area contributed by atoms with Crippen molar-refractivity contribution < 1.29 is 27.9 Å². The molecule has 4 nitrogen and oxygen atoms in total. The summed E-state index contributed by atoms with van der Waals surface area (Å²) in [5.41, 5.74) is -0.389. The van der Waals surface area contributed by atoms with Gasteiger partial charge in [-0.05, 0) is 12.8 Å². The van der Waals surface area contributed by atoms with Gasteiger partial charge in [0.1, 0.15) is 17.5 Å². The maximum atomic E-state index is 14.1. The molecular formula is C17H16F3NO3. The van der Waals surface area contributed by atoms with E-state index in [2.05, 4.69) is 6.58 Å². The van der Waals surface area contributed by atoms with Crippen molar-refractivity contribution >= 4 is 11.9 Å². The number of likely N-dealkylation sites (tertiary alicyclic amines) is 1. The lowest BCUT2D eigenvalue weighted by Gasteiger charge is -2.29. The van der Waals surface area contributed by atoms with E-state index in [1.54, 1.807) is 0 Å². The minimum atomic E-state index is -1.19. The third-order valence-electron chi connectivity index (χ3n) is 3.87. The van der Waals surface area contributed by atoms with Gasteiger partial charge in [-0.3, -0.25) is 4.79 Å². The van der Waals surface area contributed by atoms with E-state index in [9.17, 15) is 22.8 Å². The summed E-state index contributed by atoms with van der Waals surface area (Å²) < 4.78 is 41.3. The molecule has 0 aromatic heterocycles. The van der Waals surface area contributed by atoms with Gasteiger partial charge in [-0.1, -0.05) is 12.2 Å². The molecule has 1 aromatic rings. The first-order valence-corrected chi connectivity index (χ1v) is 7.32. The topological polar surface area (TPSA) is 57.6 Å². The molecule has 1 fully saturated rings. The Morgan fingerprint density at radius 2 is 1.88 bits per heavy atom. The molecule has 0 spiro atoms. The number of benzene rings is 1. The Morgan fingerprint density at radius 1 is 1.25 bits per heavy atom. The van der Waals surface area contributed by atoms with E-state index in [1.165, 1.54) is 17.1 Å². The lowest BCUT2D eigenvalue weighted by molar-refractivity contribution is -0.133. The lowest BCUT2D eigenvalue weighted by atomic mass is 10.0. The van der Waals surface area contributed by atoms with Crippen molar-refractivity contribution in [3.8, 4) is 0 Å². The fourth-order valence-corrected chi connectivity index (χ4v) is 2.96. The van der Waals surface area contributed by atoms with E-state index in [0.29, 0.717) is 18.6 Å². The zero-order valence-corrected chi connectivity index (χ0v) is 12.7. The van der Waals surface area contributed by atoms with Crippen molar-refractivity contribution in [2.45, 2.75) is 31.3 Å². The van der Waals surface area contributed by atoms with Gasteiger partial charge in [-0.2, -0.15) is 0 Å². The highest BCUT2D eigenvalue weighted by Gasteiger charge is 2.38. The average Bonchev–Trinajstić information content (AvgIpc) is 2.88. The standard InChI is InChI=1S/C17H16F3NO3/c1-2-3-15(22)21-11(5-7-16(23)24)4-6-14(21)17-12(19)8-10(18)9-13(17)20/h2,5,7-9,11,14H,1,3-4,6H2,(H,23,24)/b7-5+/t11-,14+/m1/s1. The molecule has 1 N–H and O–H groups in total. The van der Waals surface area contributed by atoms with Gasteiger partial charge in [0, 0.05) is 30.2 Å². The quantitative estimate of drug-likeness (QED) is 0.661. The average molecular weight is 339 g/mol. The number of hydrogen-bond donors (Lipinski definition) is 1. The van der Waals surface area contributed by atoms with E-state index in [0.717, 1.165) is 6.08 Å². The van der Waals surface area contributed by atoms with Gasteiger partial charge >= 0.3 is 5.97 Å². The normalized spacial score (nSPS) is 20.5. The fraction of sp³-hybridized carbons (Fsp3) is 0.294. The number of carbonyl (C=O) groups excluding carboxylic acids is 1. The molecule has 0 aliphatic carbocycles. The van der Waals surface area contributed by atoms with Crippen LogP contribution in [-0.4, -0.2) is 27.9 Å². The molecule has 2 rings (SSSR count). The van der Waals surface area contributed by atoms with Crippen molar-refractivity contribution in [2.75, 3.05) is 0 Å². The van der Waals surface area contributed by atoms with Crippen LogP contribution in [-0.2, 0) is 9.59 Å². The third kappa shape index (κ3) is 3.67. The monoisotopic (exact) mass is 339 g/mol. The number of carbonyl (C=O) groups is 2. The maximum Gasteiger partial charge on any atom is 0.328 e. The highest BCUT2D eigenvalue weighted by molar-refractivity contribution is 5.81. The number of carboxylic acid groups (broad SMARTS) is 1. The van der Waals surface area contributed by atoms with Gasteiger partial charge in [0.2, 0.25) is 5.91 Å². The van der Waals surface area contributed by atoms with Crippen LogP contribution in [0.15, 0.2) is 36.9 Å². The summed E-state index contributed by atoms with van der Waals surface area (Å²) in [6, 6.07) is -0.409.